The summed E-state index contributed by atoms with van der Waals surface area (Å²) < 4.78 is 4.90. The maximum absolute atomic E-state index is 13.2. The molecule has 0 saturated carbocycles. The number of esters is 1. The van der Waals surface area contributed by atoms with Crippen LogP contribution >= 0.6 is 23.1 Å². The molecule has 1 atom stereocenters. The van der Waals surface area contributed by atoms with E-state index < -0.39 is 11.2 Å². The van der Waals surface area contributed by atoms with Gasteiger partial charge in [-0.05, 0) is 37.1 Å². The van der Waals surface area contributed by atoms with Crippen LogP contribution < -0.4 is 5.32 Å². The number of rotatable bonds is 6. The average Bonchev–Trinajstić information content (AvgIpc) is 3.00. The standard InChI is InChI=1S/C22H21NO3S2/c1-14-15(2)27-21(18(14)22(25)26-3)23-20(24)19(16-10-6-4-7-11-16)28-17-12-8-5-9-13-17/h4-13,19H,1-3H3,(H,23,24). The molecule has 3 rings (SSSR count). The van der Waals surface area contributed by atoms with Gasteiger partial charge in [0.25, 0.3) is 0 Å². The number of methoxy groups -OCH3 is 1. The first-order chi connectivity index (χ1) is 13.5. The Hall–Kier alpha value is -2.57. The van der Waals surface area contributed by atoms with Crippen molar-refractivity contribution in [1.29, 1.82) is 0 Å². The van der Waals surface area contributed by atoms with E-state index in [1.807, 2.05) is 74.5 Å². The molecule has 3 aromatic rings. The topological polar surface area (TPSA) is 55.4 Å². The highest BCUT2D eigenvalue weighted by molar-refractivity contribution is 8.00. The van der Waals surface area contributed by atoms with Crippen LogP contribution in [0.4, 0.5) is 5.00 Å². The van der Waals surface area contributed by atoms with Crippen molar-refractivity contribution in [2.45, 2.75) is 24.0 Å². The Bertz CT molecular complexity index is 968. The second-order valence-electron chi connectivity index (χ2n) is 6.19. The highest BCUT2D eigenvalue weighted by Crippen LogP contribution is 2.38. The lowest BCUT2D eigenvalue weighted by Gasteiger charge is -2.17. The quantitative estimate of drug-likeness (QED) is 0.422. The Kier molecular flexibility index (Phi) is 6.54. The molecule has 6 heteroatoms. The Morgan fingerprint density at radius 1 is 1.00 bits per heavy atom. The first-order valence-electron chi connectivity index (χ1n) is 8.77. The summed E-state index contributed by atoms with van der Waals surface area (Å²) in [6, 6.07) is 19.4. The van der Waals surface area contributed by atoms with Crippen molar-refractivity contribution in [2.75, 3.05) is 12.4 Å². The minimum Gasteiger partial charge on any atom is -0.465 e. The number of hydrogen-bond donors (Lipinski definition) is 1. The van der Waals surface area contributed by atoms with E-state index in [0.717, 1.165) is 20.9 Å². The van der Waals surface area contributed by atoms with Gasteiger partial charge >= 0.3 is 5.97 Å². The number of thiophene rings is 1. The van der Waals surface area contributed by atoms with Crippen LogP contribution in [0, 0.1) is 13.8 Å². The smallest absolute Gasteiger partial charge is 0.341 e. The molecule has 0 aliphatic carbocycles. The van der Waals surface area contributed by atoms with Crippen LogP contribution in [-0.2, 0) is 9.53 Å². The summed E-state index contributed by atoms with van der Waals surface area (Å²) in [4.78, 5) is 27.4. The van der Waals surface area contributed by atoms with Gasteiger partial charge in [0.15, 0.2) is 0 Å². The van der Waals surface area contributed by atoms with E-state index >= 15 is 0 Å². The van der Waals surface area contributed by atoms with Crippen LogP contribution in [0.25, 0.3) is 0 Å². The number of aryl methyl sites for hydroxylation is 1. The van der Waals surface area contributed by atoms with Gasteiger partial charge in [-0.2, -0.15) is 0 Å². The van der Waals surface area contributed by atoms with Gasteiger partial charge in [-0.25, -0.2) is 4.79 Å². The lowest BCUT2D eigenvalue weighted by atomic mass is 10.1. The van der Waals surface area contributed by atoms with Crippen LogP contribution in [0.5, 0.6) is 0 Å². The Labute approximate surface area is 172 Å². The predicted molar refractivity (Wildman–Crippen MR) is 115 cm³/mol. The molecule has 144 valence electrons. The largest absolute Gasteiger partial charge is 0.465 e. The van der Waals surface area contributed by atoms with Crippen molar-refractivity contribution in [2.24, 2.45) is 0 Å². The summed E-state index contributed by atoms with van der Waals surface area (Å²) in [5.41, 5.74) is 2.16. The maximum Gasteiger partial charge on any atom is 0.341 e. The predicted octanol–water partition coefficient (Wildman–Crippen LogP) is 5.62. The molecule has 0 radical (unpaired) electrons. The molecule has 4 nitrogen and oxygen atoms in total. The first-order valence-corrected chi connectivity index (χ1v) is 10.5. The summed E-state index contributed by atoms with van der Waals surface area (Å²) in [7, 11) is 1.35. The van der Waals surface area contributed by atoms with Crippen molar-refractivity contribution in [3.05, 3.63) is 82.2 Å². The average molecular weight is 412 g/mol. The van der Waals surface area contributed by atoms with Crippen molar-refractivity contribution >= 4 is 40.0 Å². The molecule has 0 aliphatic rings. The van der Waals surface area contributed by atoms with E-state index in [4.69, 9.17) is 4.74 Å². The van der Waals surface area contributed by atoms with Gasteiger partial charge in [-0.3, -0.25) is 4.79 Å². The molecule has 1 aromatic heterocycles. The monoisotopic (exact) mass is 411 g/mol. The zero-order valence-electron chi connectivity index (χ0n) is 15.9. The van der Waals surface area contributed by atoms with Crippen LogP contribution in [0.15, 0.2) is 65.6 Å². The number of thioether (sulfide) groups is 1. The third kappa shape index (κ3) is 4.46. The number of anilines is 1. The molecular formula is C22H21NO3S2. The highest BCUT2D eigenvalue weighted by Gasteiger charge is 2.26. The molecule has 0 fully saturated rings. The fourth-order valence-electron chi connectivity index (χ4n) is 2.78. The summed E-state index contributed by atoms with van der Waals surface area (Å²) >= 11 is 2.87. The molecule has 28 heavy (non-hydrogen) atoms. The van der Waals surface area contributed by atoms with E-state index in [2.05, 4.69) is 5.32 Å². The normalized spacial score (nSPS) is 11.7. The number of carbonyl (C=O) groups is 2. The van der Waals surface area contributed by atoms with E-state index in [1.54, 1.807) is 0 Å². The second-order valence-corrected chi connectivity index (χ2v) is 8.59. The van der Waals surface area contributed by atoms with Crippen molar-refractivity contribution in [3.8, 4) is 0 Å². The van der Waals surface area contributed by atoms with Gasteiger partial charge in [0.1, 0.15) is 10.3 Å². The zero-order valence-corrected chi connectivity index (χ0v) is 17.5. The first kappa shape index (κ1) is 20.2. The van der Waals surface area contributed by atoms with Crippen LogP contribution in [0.3, 0.4) is 0 Å². The molecule has 0 saturated heterocycles. The number of benzene rings is 2. The van der Waals surface area contributed by atoms with Crippen molar-refractivity contribution < 1.29 is 14.3 Å². The lowest BCUT2D eigenvalue weighted by molar-refractivity contribution is -0.115. The van der Waals surface area contributed by atoms with Gasteiger partial charge in [0.2, 0.25) is 5.91 Å². The van der Waals surface area contributed by atoms with Crippen LogP contribution in [0.2, 0.25) is 0 Å². The van der Waals surface area contributed by atoms with Crippen molar-refractivity contribution in [3.63, 3.8) is 0 Å². The Morgan fingerprint density at radius 2 is 1.61 bits per heavy atom. The van der Waals surface area contributed by atoms with E-state index in [0.29, 0.717) is 10.6 Å². The lowest BCUT2D eigenvalue weighted by Crippen LogP contribution is -2.20. The van der Waals surface area contributed by atoms with Gasteiger partial charge in [0, 0.05) is 9.77 Å². The molecule has 1 N–H and O–H groups in total. The zero-order chi connectivity index (χ0) is 20.1. The van der Waals surface area contributed by atoms with Crippen LogP contribution in [-0.4, -0.2) is 19.0 Å². The van der Waals surface area contributed by atoms with Gasteiger partial charge < -0.3 is 10.1 Å². The maximum atomic E-state index is 13.2. The molecule has 0 spiro atoms. The number of amides is 1. The Balaban J connectivity index is 1.92. The summed E-state index contributed by atoms with van der Waals surface area (Å²) in [5, 5.41) is 3.05. The van der Waals surface area contributed by atoms with Crippen molar-refractivity contribution in [1.82, 2.24) is 0 Å². The van der Waals surface area contributed by atoms with E-state index in [9.17, 15) is 9.59 Å². The summed E-state index contributed by atoms with van der Waals surface area (Å²) in [6.45, 7) is 3.79. The number of ether oxygens (including phenoxy) is 1. The molecular weight excluding hydrogens is 390 g/mol. The number of hydrogen-bond acceptors (Lipinski definition) is 5. The van der Waals surface area contributed by atoms with Gasteiger partial charge in [0.05, 0.1) is 12.7 Å². The third-order valence-corrected chi connectivity index (χ3v) is 6.74. The fraction of sp³-hybridized carbons (Fsp3) is 0.182. The van der Waals surface area contributed by atoms with Gasteiger partial charge in [-0.1, -0.05) is 48.5 Å². The minimum absolute atomic E-state index is 0.175. The number of nitrogens with one attached hydrogen (secondary N) is 1. The minimum atomic E-state index is -0.447. The third-order valence-electron chi connectivity index (χ3n) is 4.35. The highest BCUT2D eigenvalue weighted by atomic mass is 32.2. The molecule has 1 unspecified atom stereocenters. The molecule has 1 amide bonds. The fourth-order valence-corrected chi connectivity index (χ4v) is 4.87. The SMILES string of the molecule is COC(=O)c1c(NC(=O)C(Sc2ccccc2)c2ccccc2)sc(C)c1C. The molecule has 2 aromatic carbocycles. The second kappa shape index (κ2) is 9.08. The summed E-state index contributed by atoms with van der Waals surface area (Å²) in [6.07, 6.45) is 0. The molecule has 0 bridgehead atoms. The molecule has 1 heterocycles. The summed E-state index contributed by atoms with van der Waals surface area (Å²) in [5.74, 6) is -0.615. The van der Waals surface area contributed by atoms with Crippen LogP contribution in [0.1, 0.15) is 31.6 Å². The Morgan fingerprint density at radius 3 is 2.21 bits per heavy atom. The van der Waals surface area contributed by atoms with Gasteiger partial charge in [-0.15, -0.1) is 23.1 Å². The van der Waals surface area contributed by atoms with E-state index in [-0.39, 0.29) is 5.91 Å². The number of carbonyl (C=O) groups excluding carboxylic acids is 2. The molecule has 0 aliphatic heterocycles. The van der Waals surface area contributed by atoms with E-state index in [1.165, 1.54) is 30.2 Å².